The van der Waals surface area contributed by atoms with E-state index in [0.29, 0.717) is 0 Å². The van der Waals surface area contributed by atoms with E-state index in [1.54, 1.807) is 0 Å². The summed E-state index contributed by atoms with van der Waals surface area (Å²) in [5, 5.41) is 0. The third kappa shape index (κ3) is 6.18. The van der Waals surface area contributed by atoms with Gasteiger partial charge in [0, 0.05) is 0 Å². The molecule has 0 N–H and O–H groups in total. The molecule has 1 aliphatic rings. The highest BCUT2D eigenvalue weighted by molar-refractivity contribution is 5.85. The van der Waals surface area contributed by atoms with Gasteiger partial charge >= 0.3 is 0 Å². The molecule has 1 aliphatic carbocycles. The number of rotatable bonds is 0. The molecule has 0 radical (unpaired) electrons. The van der Waals surface area contributed by atoms with E-state index in [1.807, 2.05) is 0 Å². The Morgan fingerprint density at radius 3 is 0.900 bits per heavy atom. The molecule has 0 aromatic rings. The van der Waals surface area contributed by atoms with Crippen molar-refractivity contribution in [3.63, 3.8) is 0 Å². The van der Waals surface area contributed by atoms with Crippen LogP contribution in [-0.2, 0) is 0 Å². The molecule has 0 saturated heterocycles. The van der Waals surface area contributed by atoms with Crippen molar-refractivity contribution in [2.24, 2.45) is 0 Å². The second kappa shape index (κ2) is 9.06. The van der Waals surface area contributed by atoms with Crippen LogP contribution in [0, 0.1) is 0 Å². The first-order chi connectivity index (χ1) is 4.00. The van der Waals surface area contributed by atoms with Crippen LogP contribution >= 0.6 is 24.8 Å². The molecular formula is C8H14Cl2. The van der Waals surface area contributed by atoms with Crippen LogP contribution in [0.15, 0.2) is 24.3 Å². The summed E-state index contributed by atoms with van der Waals surface area (Å²) in [6.45, 7) is 0. The summed E-state index contributed by atoms with van der Waals surface area (Å²) in [6.07, 6.45) is 14.0. The van der Waals surface area contributed by atoms with E-state index >= 15 is 0 Å². The first-order valence-corrected chi connectivity index (χ1v) is 3.30. The Hall–Kier alpha value is 0.0600. The summed E-state index contributed by atoms with van der Waals surface area (Å²) in [5.74, 6) is 0. The molecule has 0 amide bonds. The summed E-state index contributed by atoms with van der Waals surface area (Å²) >= 11 is 0. The van der Waals surface area contributed by atoms with E-state index in [1.165, 1.54) is 25.7 Å². The summed E-state index contributed by atoms with van der Waals surface area (Å²) < 4.78 is 0. The maximum Gasteiger partial charge on any atom is -0.0316 e. The predicted octanol–water partition coefficient (Wildman–Crippen LogP) is 3.52. The van der Waals surface area contributed by atoms with Crippen molar-refractivity contribution in [2.45, 2.75) is 25.7 Å². The zero-order chi connectivity index (χ0) is 5.66. The Labute approximate surface area is 75.2 Å². The number of halogens is 2. The monoisotopic (exact) mass is 180 g/mol. The molecule has 0 heterocycles. The first-order valence-electron chi connectivity index (χ1n) is 3.30. The van der Waals surface area contributed by atoms with Crippen LogP contribution in [0.2, 0.25) is 0 Å². The molecule has 0 bridgehead atoms. The zero-order valence-corrected chi connectivity index (χ0v) is 7.59. The Morgan fingerprint density at radius 2 is 0.700 bits per heavy atom. The van der Waals surface area contributed by atoms with Crippen LogP contribution in [0.25, 0.3) is 0 Å². The van der Waals surface area contributed by atoms with Gasteiger partial charge in [-0.3, -0.25) is 0 Å². The minimum absolute atomic E-state index is 0. The van der Waals surface area contributed by atoms with Crippen molar-refractivity contribution in [3.8, 4) is 0 Å². The molecule has 0 aromatic heterocycles. The van der Waals surface area contributed by atoms with Crippen molar-refractivity contribution >= 4 is 24.8 Å². The van der Waals surface area contributed by atoms with Crippen LogP contribution in [-0.4, -0.2) is 0 Å². The van der Waals surface area contributed by atoms with Gasteiger partial charge < -0.3 is 0 Å². The molecule has 60 valence electrons. The summed E-state index contributed by atoms with van der Waals surface area (Å²) in [5.41, 5.74) is 0. The van der Waals surface area contributed by atoms with Crippen LogP contribution in [0.1, 0.15) is 25.7 Å². The van der Waals surface area contributed by atoms with Gasteiger partial charge in [-0.05, 0) is 25.7 Å². The van der Waals surface area contributed by atoms with Crippen molar-refractivity contribution in [3.05, 3.63) is 24.3 Å². The number of hydrogen-bond acceptors (Lipinski definition) is 0. The van der Waals surface area contributed by atoms with Crippen molar-refractivity contribution in [1.29, 1.82) is 0 Å². The van der Waals surface area contributed by atoms with Gasteiger partial charge in [-0.1, -0.05) is 24.3 Å². The molecule has 1 rings (SSSR count). The van der Waals surface area contributed by atoms with Gasteiger partial charge in [0.05, 0.1) is 0 Å². The van der Waals surface area contributed by atoms with Gasteiger partial charge in [0.1, 0.15) is 0 Å². The van der Waals surface area contributed by atoms with Gasteiger partial charge in [-0.2, -0.15) is 0 Å². The fourth-order valence-corrected chi connectivity index (χ4v) is 0.856. The lowest BCUT2D eigenvalue weighted by Gasteiger charge is -1.92. The quantitative estimate of drug-likeness (QED) is 0.501. The topological polar surface area (TPSA) is 0 Å². The highest BCUT2D eigenvalue weighted by atomic mass is 35.5. The van der Waals surface area contributed by atoms with Gasteiger partial charge in [-0.25, -0.2) is 0 Å². The molecule has 0 spiro atoms. The van der Waals surface area contributed by atoms with E-state index in [0.717, 1.165) is 0 Å². The third-order valence-corrected chi connectivity index (χ3v) is 1.33. The number of hydrogen-bond donors (Lipinski definition) is 0. The van der Waals surface area contributed by atoms with Crippen LogP contribution < -0.4 is 0 Å². The molecule has 0 unspecified atom stereocenters. The van der Waals surface area contributed by atoms with Crippen LogP contribution in [0.5, 0.6) is 0 Å². The Morgan fingerprint density at radius 1 is 0.500 bits per heavy atom. The fourth-order valence-electron chi connectivity index (χ4n) is 0.856. The largest absolute Gasteiger partial charge is 0.147 e. The lowest BCUT2D eigenvalue weighted by atomic mass is 10.1. The van der Waals surface area contributed by atoms with E-state index in [2.05, 4.69) is 24.3 Å². The summed E-state index contributed by atoms with van der Waals surface area (Å²) in [7, 11) is 0. The van der Waals surface area contributed by atoms with Crippen molar-refractivity contribution in [2.75, 3.05) is 0 Å². The lowest BCUT2D eigenvalue weighted by molar-refractivity contribution is 0.962. The summed E-state index contributed by atoms with van der Waals surface area (Å²) in [4.78, 5) is 0. The Balaban J connectivity index is 0. The van der Waals surface area contributed by atoms with E-state index in [9.17, 15) is 0 Å². The van der Waals surface area contributed by atoms with Crippen molar-refractivity contribution < 1.29 is 0 Å². The maximum absolute atomic E-state index is 2.27. The minimum Gasteiger partial charge on any atom is -0.147 e. The molecule has 0 saturated carbocycles. The fraction of sp³-hybridized carbons (Fsp3) is 0.500. The van der Waals surface area contributed by atoms with E-state index < -0.39 is 0 Å². The zero-order valence-electron chi connectivity index (χ0n) is 5.95. The van der Waals surface area contributed by atoms with Crippen LogP contribution in [0.3, 0.4) is 0 Å². The van der Waals surface area contributed by atoms with E-state index in [-0.39, 0.29) is 24.8 Å². The smallest absolute Gasteiger partial charge is 0.0316 e. The normalized spacial score (nSPS) is 16.0. The van der Waals surface area contributed by atoms with Gasteiger partial charge in [0.2, 0.25) is 0 Å². The summed E-state index contributed by atoms with van der Waals surface area (Å²) in [6, 6.07) is 0. The standard InChI is InChI=1S/C8H12.2ClH/c1-2-4-6-8-7-5-3-1;;/h1-2,7-8H,3-6H2;2*1H. The van der Waals surface area contributed by atoms with Crippen molar-refractivity contribution in [1.82, 2.24) is 0 Å². The second-order valence-corrected chi connectivity index (χ2v) is 2.10. The van der Waals surface area contributed by atoms with Gasteiger partial charge in [-0.15, -0.1) is 24.8 Å². The average Bonchev–Trinajstić information content (AvgIpc) is 1.62. The average molecular weight is 181 g/mol. The molecule has 2 heteroatoms. The molecular weight excluding hydrogens is 167 g/mol. The molecule has 0 nitrogen and oxygen atoms in total. The van der Waals surface area contributed by atoms with Gasteiger partial charge in [0.25, 0.3) is 0 Å². The lowest BCUT2D eigenvalue weighted by Crippen LogP contribution is -1.71. The first kappa shape index (κ1) is 12.7. The molecule has 0 aromatic carbocycles. The molecule has 0 fully saturated rings. The SMILES string of the molecule is C1=CCCC=CCC1.Cl.Cl. The minimum atomic E-state index is 0. The van der Waals surface area contributed by atoms with E-state index in [4.69, 9.17) is 0 Å². The predicted molar refractivity (Wildman–Crippen MR) is 51.2 cm³/mol. The molecule has 0 atom stereocenters. The highest BCUT2D eigenvalue weighted by Crippen LogP contribution is 2.02. The van der Waals surface area contributed by atoms with Crippen LogP contribution in [0.4, 0.5) is 0 Å². The molecule has 0 aliphatic heterocycles. The Bertz CT molecular complexity index is 79.8. The number of allylic oxidation sites excluding steroid dienone is 4. The maximum atomic E-state index is 2.27. The highest BCUT2D eigenvalue weighted by Gasteiger charge is 1.81. The van der Waals surface area contributed by atoms with Gasteiger partial charge in [0.15, 0.2) is 0 Å². The Kier molecular flexibility index (Phi) is 11.5. The third-order valence-electron chi connectivity index (χ3n) is 1.33. The molecule has 10 heavy (non-hydrogen) atoms. The second-order valence-electron chi connectivity index (χ2n) is 2.10.